The van der Waals surface area contributed by atoms with Crippen molar-refractivity contribution in [3.05, 3.63) is 94.5 Å². The number of hydrogen-bond donors (Lipinski definition) is 5. The third kappa shape index (κ3) is 7.80. The molecule has 0 unspecified atom stereocenters. The first-order chi connectivity index (χ1) is 18.1. The van der Waals surface area contributed by atoms with Gasteiger partial charge in [-0.05, 0) is 66.1 Å². The Bertz CT molecular complexity index is 1370. The number of anilines is 1. The van der Waals surface area contributed by atoms with E-state index in [-0.39, 0.29) is 36.0 Å². The molecular weight excluding hydrogens is 502 g/mol. The Morgan fingerprint density at radius 1 is 1.00 bits per heavy atom. The summed E-state index contributed by atoms with van der Waals surface area (Å²) < 4.78 is 25.3. The summed E-state index contributed by atoms with van der Waals surface area (Å²) in [6, 6.07) is 20.8. The van der Waals surface area contributed by atoms with Crippen LogP contribution in [0.5, 0.6) is 5.75 Å². The average molecular weight is 538 g/mol. The molecule has 9 heteroatoms. The van der Waals surface area contributed by atoms with Crippen LogP contribution in [0, 0.1) is 0 Å². The van der Waals surface area contributed by atoms with Gasteiger partial charge in [0.2, 0.25) is 15.9 Å². The zero-order valence-electron chi connectivity index (χ0n) is 21.6. The first-order valence-corrected chi connectivity index (χ1v) is 14.6. The number of phenols is 1. The zero-order valence-corrected chi connectivity index (χ0v) is 22.5. The van der Waals surface area contributed by atoms with E-state index in [0.29, 0.717) is 18.4 Å². The molecule has 3 aromatic rings. The van der Waals surface area contributed by atoms with Gasteiger partial charge in [-0.3, -0.25) is 9.52 Å². The summed E-state index contributed by atoms with van der Waals surface area (Å²) >= 11 is 0. The second kappa shape index (κ2) is 12.0. The average Bonchev–Trinajstić information content (AvgIpc) is 3.25. The third-order valence-electron chi connectivity index (χ3n) is 6.67. The van der Waals surface area contributed by atoms with Gasteiger partial charge in [-0.25, -0.2) is 8.42 Å². The van der Waals surface area contributed by atoms with Gasteiger partial charge < -0.3 is 20.8 Å². The van der Waals surface area contributed by atoms with E-state index in [1.54, 1.807) is 6.07 Å². The van der Waals surface area contributed by atoms with Crippen LogP contribution in [0.1, 0.15) is 40.8 Å². The number of rotatable bonds is 11. The molecular formula is C29H35N3O5S. The van der Waals surface area contributed by atoms with Crippen molar-refractivity contribution in [1.82, 2.24) is 10.6 Å². The van der Waals surface area contributed by atoms with Crippen molar-refractivity contribution in [2.45, 2.75) is 50.8 Å². The number of nitrogens with one attached hydrogen (secondary N) is 3. The number of aliphatic hydroxyl groups excluding tert-OH is 1. The highest BCUT2D eigenvalue weighted by molar-refractivity contribution is 7.92. The van der Waals surface area contributed by atoms with Gasteiger partial charge in [-0.15, -0.1) is 0 Å². The second-order valence-electron chi connectivity index (χ2n) is 10.1. The molecule has 1 aliphatic carbocycles. The normalized spacial score (nSPS) is 15.0. The number of aliphatic hydroxyl groups is 1. The lowest BCUT2D eigenvalue weighted by Gasteiger charge is -2.19. The summed E-state index contributed by atoms with van der Waals surface area (Å²) in [5.41, 5.74) is 5.16. The molecule has 0 bridgehead atoms. The van der Waals surface area contributed by atoms with Crippen LogP contribution in [0.2, 0.25) is 0 Å². The predicted molar refractivity (Wildman–Crippen MR) is 149 cm³/mol. The molecule has 0 aliphatic heterocycles. The van der Waals surface area contributed by atoms with Crippen molar-refractivity contribution in [2.75, 3.05) is 17.5 Å². The fourth-order valence-corrected chi connectivity index (χ4v) is 5.45. The number of fused-ring (bicyclic) bond motifs is 1. The lowest BCUT2D eigenvalue weighted by Crippen LogP contribution is -2.36. The molecule has 2 atom stereocenters. The number of phenolic OH excluding ortho intramolecular Hbond substituents is 1. The molecule has 0 fully saturated rings. The predicted octanol–water partition coefficient (Wildman–Crippen LogP) is 2.84. The number of carbonyl (C=O) groups excluding carboxylic acids is 1. The maximum absolute atomic E-state index is 12.7. The van der Waals surface area contributed by atoms with Crippen molar-refractivity contribution in [2.24, 2.45) is 0 Å². The third-order valence-corrected chi connectivity index (χ3v) is 7.27. The van der Waals surface area contributed by atoms with Crippen molar-refractivity contribution in [3.63, 3.8) is 0 Å². The fraction of sp³-hybridized carbons (Fsp3) is 0.345. The summed E-state index contributed by atoms with van der Waals surface area (Å²) in [5, 5.41) is 27.0. The molecule has 3 aromatic carbocycles. The summed E-state index contributed by atoms with van der Waals surface area (Å²) in [6.07, 6.45) is 2.88. The van der Waals surface area contributed by atoms with E-state index in [0.717, 1.165) is 30.2 Å². The number of aromatic hydroxyl groups is 1. The largest absolute Gasteiger partial charge is 0.506 e. The molecule has 0 aromatic heterocycles. The van der Waals surface area contributed by atoms with Crippen LogP contribution in [-0.2, 0) is 40.5 Å². The standard InChI is InChI=1S/C29H35N3O5S/c1-19(30-18-28(34)24-10-11-27(33)26(17-24)32-38(2,36)37)12-20-6-5-7-21(13-20)14-29(35)31-25-15-22-8-3-4-9-23(22)16-25/h3-11,13,17,19,25,28,30,32-34H,12,14-16,18H2,1-2H3,(H,31,35)/t19-,28-/m1/s1. The minimum absolute atomic E-state index is 0.0212. The zero-order chi connectivity index (χ0) is 27.3. The molecule has 1 amide bonds. The van der Waals surface area contributed by atoms with E-state index in [9.17, 15) is 23.4 Å². The Hall–Kier alpha value is -3.40. The topological polar surface area (TPSA) is 128 Å². The molecule has 4 rings (SSSR count). The van der Waals surface area contributed by atoms with E-state index in [2.05, 4.69) is 27.5 Å². The summed E-state index contributed by atoms with van der Waals surface area (Å²) in [4.78, 5) is 12.7. The highest BCUT2D eigenvalue weighted by Crippen LogP contribution is 2.28. The molecule has 0 saturated carbocycles. The monoisotopic (exact) mass is 537 g/mol. The van der Waals surface area contributed by atoms with Gasteiger partial charge in [-0.2, -0.15) is 0 Å². The van der Waals surface area contributed by atoms with Gasteiger partial charge >= 0.3 is 0 Å². The summed E-state index contributed by atoms with van der Waals surface area (Å²) in [5.74, 6) is -0.192. The Labute approximate surface area is 224 Å². The number of benzene rings is 3. The Morgan fingerprint density at radius 2 is 1.68 bits per heavy atom. The molecule has 0 radical (unpaired) electrons. The van der Waals surface area contributed by atoms with E-state index >= 15 is 0 Å². The smallest absolute Gasteiger partial charge is 0.229 e. The molecule has 202 valence electrons. The highest BCUT2D eigenvalue weighted by Gasteiger charge is 2.22. The first-order valence-electron chi connectivity index (χ1n) is 12.7. The van der Waals surface area contributed by atoms with Crippen LogP contribution in [0.15, 0.2) is 66.7 Å². The van der Waals surface area contributed by atoms with Crippen LogP contribution >= 0.6 is 0 Å². The number of amides is 1. The minimum Gasteiger partial charge on any atom is -0.506 e. The number of hydrogen-bond acceptors (Lipinski definition) is 6. The summed E-state index contributed by atoms with van der Waals surface area (Å²) in [6.45, 7) is 2.26. The van der Waals surface area contributed by atoms with Gasteiger partial charge in [0.1, 0.15) is 5.75 Å². The van der Waals surface area contributed by atoms with Crippen molar-refractivity contribution >= 4 is 21.6 Å². The highest BCUT2D eigenvalue weighted by atomic mass is 32.2. The molecule has 0 spiro atoms. The van der Waals surface area contributed by atoms with Gasteiger partial charge in [0.15, 0.2) is 0 Å². The van der Waals surface area contributed by atoms with Crippen LogP contribution in [0.3, 0.4) is 0 Å². The van der Waals surface area contributed by atoms with E-state index in [1.807, 2.05) is 43.3 Å². The van der Waals surface area contributed by atoms with Crippen LogP contribution < -0.4 is 15.4 Å². The van der Waals surface area contributed by atoms with Gasteiger partial charge in [0, 0.05) is 18.6 Å². The Balaban J connectivity index is 1.26. The lowest BCUT2D eigenvalue weighted by atomic mass is 10.0. The fourth-order valence-electron chi connectivity index (χ4n) is 4.89. The van der Waals surface area contributed by atoms with E-state index in [1.165, 1.54) is 23.3 Å². The van der Waals surface area contributed by atoms with Crippen LogP contribution in [-0.4, -0.2) is 49.4 Å². The first kappa shape index (κ1) is 27.6. The summed E-state index contributed by atoms with van der Waals surface area (Å²) in [7, 11) is -3.56. The number of carbonyl (C=O) groups is 1. The Kier molecular flexibility index (Phi) is 8.71. The molecule has 0 heterocycles. The minimum atomic E-state index is -3.56. The van der Waals surface area contributed by atoms with Gasteiger partial charge in [0.05, 0.1) is 24.5 Å². The molecule has 1 aliphatic rings. The van der Waals surface area contributed by atoms with Crippen LogP contribution in [0.25, 0.3) is 0 Å². The van der Waals surface area contributed by atoms with Crippen molar-refractivity contribution < 1.29 is 23.4 Å². The molecule has 0 saturated heterocycles. The Morgan fingerprint density at radius 3 is 2.37 bits per heavy atom. The quantitative estimate of drug-likeness (QED) is 0.239. The van der Waals surface area contributed by atoms with Gasteiger partial charge in [-0.1, -0.05) is 54.6 Å². The van der Waals surface area contributed by atoms with Crippen LogP contribution in [0.4, 0.5) is 5.69 Å². The second-order valence-corrected chi connectivity index (χ2v) is 11.9. The SMILES string of the molecule is C[C@H](Cc1cccc(CC(=O)NC2Cc3ccccc3C2)c1)NC[C@@H](O)c1ccc(O)c(NS(C)(=O)=O)c1. The van der Waals surface area contributed by atoms with Crippen molar-refractivity contribution in [3.8, 4) is 5.75 Å². The van der Waals surface area contributed by atoms with E-state index in [4.69, 9.17) is 0 Å². The molecule has 5 N–H and O–H groups in total. The number of sulfonamides is 1. The maximum Gasteiger partial charge on any atom is 0.229 e. The lowest BCUT2D eigenvalue weighted by molar-refractivity contribution is -0.121. The van der Waals surface area contributed by atoms with Crippen molar-refractivity contribution in [1.29, 1.82) is 0 Å². The molecule has 8 nitrogen and oxygen atoms in total. The maximum atomic E-state index is 12.7. The van der Waals surface area contributed by atoms with Gasteiger partial charge in [0.25, 0.3) is 0 Å². The molecule has 38 heavy (non-hydrogen) atoms. The van der Waals surface area contributed by atoms with E-state index < -0.39 is 16.1 Å².